The Bertz CT molecular complexity index is 749. The number of fused-ring (bicyclic) bond motifs is 3. The van der Waals surface area contributed by atoms with Crippen LogP contribution in [0.4, 0.5) is 5.69 Å². The van der Waals surface area contributed by atoms with Gasteiger partial charge in [0.2, 0.25) is 5.91 Å². The molecular weight excluding hydrogens is 360 g/mol. The minimum Gasteiger partial charge on any atom is -0.550 e. The first-order chi connectivity index (χ1) is 13.5. The van der Waals surface area contributed by atoms with Gasteiger partial charge >= 0.3 is 0 Å². The number of amides is 2. The van der Waals surface area contributed by atoms with Gasteiger partial charge in [0.15, 0.2) is 0 Å². The summed E-state index contributed by atoms with van der Waals surface area (Å²) >= 11 is 0. The molecule has 28 heavy (non-hydrogen) atoms. The summed E-state index contributed by atoms with van der Waals surface area (Å²) in [4.78, 5) is 38.7. The predicted octanol–water partition coefficient (Wildman–Crippen LogP) is 0.900. The summed E-state index contributed by atoms with van der Waals surface area (Å²) in [6.45, 7) is 2.24. The number of hydrogen-bond donors (Lipinski definition) is 1. The largest absolute Gasteiger partial charge is 0.550 e. The van der Waals surface area contributed by atoms with Gasteiger partial charge in [-0.2, -0.15) is 0 Å². The number of aliphatic carboxylic acids is 1. The first-order valence-electron chi connectivity index (χ1n) is 10.0. The molecule has 150 valence electrons. The predicted molar refractivity (Wildman–Crippen MR) is 99.2 cm³/mol. The molecule has 2 atom stereocenters. The third-order valence-corrected chi connectivity index (χ3v) is 6.49. The highest BCUT2D eigenvalue weighted by Crippen LogP contribution is 2.49. The van der Waals surface area contributed by atoms with Crippen molar-refractivity contribution >= 4 is 23.5 Å². The van der Waals surface area contributed by atoms with Gasteiger partial charge in [-0.1, -0.05) is 0 Å². The van der Waals surface area contributed by atoms with E-state index in [1.807, 2.05) is 0 Å². The lowest BCUT2D eigenvalue weighted by molar-refractivity contribution is -0.318. The average molecular weight is 385 g/mol. The summed E-state index contributed by atoms with van der Waals surface area (Å²) in [5, 5.41) is 14.5. The van der Waals surface area contributed by atoms with Crippen LogP contribution in [-0.4, -0.2) is 49.0 Å². The highest BCUT2D eigenvalue weighted by molar-refractivity contribution is 5.97. The van der Waals surface area contributed by atoms with E-state index in [4.69, 9.17) is 4.74 Å². The smallest absolute Gasteiger partial charge is 0.254 e. The van der Waals surface area contributed by atoms with E-state index < -0.39 is 17.8 Å². The first-order valence-corrected chi connectivity index (χ1v) is 10.0. The van der Waals surface area contributed by atoms with Crippen molar-refractivity contribution in [2.45, 2.75) is 25.7 Å². The molecule has 0 aromatic heterocycles. The van der Waals surface area contributed by atoms with Crippen LogP contribution in [0.15, 0.2) is 24.3 Å². The maximum Gasteiger partial charge on any atom is 0.254 e. The summed E-state index contributed by atoms with van der Waals surface area (Å²) in [6, 6.07) is 6.77. The molecule has 1 N–H and O–H groups in total. The molecule has 1 aromatic carbocycles. The summed E-state index contributed by atoms with van der Waals surface area (Å²) in [5.41, 5.74) is 1.13. The third kappa shape index (κ3) is 3.63. The van der Waals surface area contributed by atoms with E-state index in [1.165, 1.54) is 0 Å². The van der Waals surface area contributed by atoms with Crippen LogP contribution in [0.2, 0.25) is 0 Å². The number of carboxylic acids is 1. The molecule has 5 rings (SSSR count). The SMILES string of the molecule is O=C([O-])[C@@H]1C2CCC(CC2)[C@H]1C(=O)Nc1ccc(C(=O)N2CCOCC2)cc1. The summed E-state index contributed by atoms with van der Waals surface area (Å²) in [7, 11) is 0. The molecule has 4 fully saturated rings. The molecule has 1 saturated heterocycles. The number of rotatable bonds is 4. The van der Waals surface area contributed by atoms with Crippen molar-refractivity contribution in [3.8, 4) is 0 Å². The van der Waals surface area contributed by atoms with Crippen LogP contribution in [0, 0.1) is 23.7 Å². The van der Waals surface area contributed by atoms with Gasteiger partial charge in [0.05, 0.1) is 13.2 Å². The van der Waals surface area contributed by atoms with E-state index in [0.29, 0.717) is 37.6 Å². The quantitative estimate of drug-likeness (QED) is 0.830. The van der Waals surface area contributed by atoms with E-state index in [-0.39, 0.29) is 23.7 Å². The summed E-state index contributed by atoms with van der Waals surface area (Å²) < 4.78 is 5.26. The number of benzene rings is 1. The molecule has 2 amide bonds. The first kappa shape index (κ1) is 18.9. The van der Waals surface area contributed by atoms with Gasteiger partial charge in [0.1, 0.15) is 0 Å². The molecule has 1 aromatic rings. The lowest BCUT2D eigenvalue weighted by atomic mass is 9.58. The minimum atomic E-state index is -1.11. The molecule has 3 aliphatic carbocycles. The van der Waals surface area contributed by atoms with Crippen molar-refractivity contribution in [1.82, 2.24) is 4.90 Å². The molecule has 0 spiro atoms. The number of hydrogen-bond acceptors (Lipinski definition) is 5. The van der Waals surface area contributed by atoms with Gasteiger partial charge in [0.25, 0.3) is 5.91 Å². The Morgan fingerprint density at radius 3 is 2.07 bits per heavy atom. The number of carboxylic acid groups (broad SMARTS) is 1. The summed E-state index contributed by atoms with van der Waals surface area (Å²) in [6.07, 6.45) is 3.54. The molecule has 1 heterocycles. The van der Waals surface area contributed by atoms with Crippen LogP contribution in [0.3, 0.4) is 0 Å². The van der Waals surface area contributed by atoms with Crippen LogP contribution in [0.5, 0.6) is 0 Å². The zero-order valence-corrected chi connectivity index (χ0v) is 15.8. The topological polar surface area (TPSA) is 98.8 Å². The van der Waals surface area contributed by atoms with Gasteiger partial charge in [-0.15, -0.1) is 0 Å². The molecule has 4 aliphatic rings. The maximum atomic E-state index is 12.8. The molecule has 0 unspecified atom stereocenters. The van der Waals surface area contributed by atoms with Crippen molar-refractivity contribution in [3.05, 3.63) is 29.8 Å². The van der Waals surface area contributed by atoms with Crippen LogP contribution in [-0.2, 0) is 14.3 Å². The second-order valence-corrected chi connectivity index (χ2v) is 8.02. The number of morpholine rings is 1. The molecule has 0 radical (unpaired) electrons. The molecule has 3 saturated carbocycles. The molecular formula is C21H25N2O5-. The summed E-state index contributed by atoms with van der Waals surface area (Å²) in [5.74, 6) is -2.50. The number of carbonyl (C=O) groups is 3. The van der Waals surface area contributed by atoms with E-state index in [9.17, 15) is 19.5 Å². The Morgan fingerprint density at radius 2 is 1.50 bits per heavy atom. The normalized spacial score (nSPS) is 29.4. The van der Waals surface area contributed by atoms with E-state index >= 15 is 0 Å². The Labute approximate surface area is 164 Å². The van der Waals surface area contributed by atoms with Crippen LogP contribution < -0.4 is 10.4 Å². The van der Waals surface area contributed by atoms with Crippen LogP contribution in [0.1, 0.15) is 36.0 Å². The van der Waals surface area contributed by atoms with Crippen molar-refractivity contribution in [2.75, 3.05) is 31.6 Å². The van der Waals surface area contributed by atoms with Gasteiger partial charge in [-0.05, 0) is 61.8 Å². The van der Waals surface area contributed by atoms with Crippen molar-refractivity contribution in [3.63, 3.8) is 0 Å². The zero-order valence-electron chi connectivity index (χ0n) is 15.8. The van der Waals surface area contributed by atoms with Crippen molar-refractivity contribution < 1.29 is 24.2 Å². The van der Waals surface area contributed by atoms with Crippen LogP contribution >= 0.6 is 0 Å². The lowest BCUT2D eigenvalue weighted by Gasteiger charge is -2.48. The number of nitrogens with zero attached hydrogens (tertiary/aromatic N) is 1. The molecule has 7 nitrogen and oxygen atoms in total. The van der Waals surface area contributed by atoms with Crippen LogP contribution in [0.25, 0.3) is 0 Å². The monoisotopic (exact) mass is 385 g/mol. The number of carbonyl (C=O) groups excluding carboxylic acids is 3. The second-order valence-electron chi connectivity index (χ2n) is 8.02. The van der Waals surface area contributed by atoms with Gasteiger partial charge < -0.3 is 24.9 Å². The van der Waals surface area contributed by atoms with Crippen molar-refractivity contribution in [2.24, 2.45) is 23.7 Å². The zero-order chi connectivity index (χ0) is 19.7. The molecule has 7 heteroatoms. The highest BCUT2D eigenvalue weighted by atomic mass is 16.5. The Balaban J connectivity index is 1.43. The Morgan fingerprint density at radius 1 is 0.929 bits per heavy atom. The van der Waals surface area contributed by atoms with Gasteiger partial charge in [0, 0.05) is 42.1 Å². The standard InChI is InChI=1S/C21H26N2O5/c24-19(17-13-1-3-14(4-2-13)18(17)21(26)27)22-16-7-5-15(6-8-16)20(25)23-9-11-28-12-10-23/h5-8,13-14,17-18H,1-4,9-12H2,(H,22,24)(H,26,27)/p-1/t13?,14?,17-,18-/m1/s1. The van der Waals surface area contributed by atoms with Crippen molar-refractivity contribution in [1.29, 1.82) is 0 Å². The second kappa shape index (κ2) is 7.91. The van der Waals surface area contributed by atoms with Gasteiger partial charge in [-0.25, -0.2) is 0 Å². The third-order valence-electron chi connectivity index (χ3n) is 6.49. The fourth-order valence-corrected chi connectivity index (χ4v) is 5.04. The number of anilines is 1. The number of ether oxygens (including phenoxy) is 1. The Hall–Kier alpha value is -2.41. The molecule has 1 aliphatic heterocycles. The fourth-order valence-electron chi connectivity index (χ4n) is 5.04. The minimum absolute atomic E-state index is 0.0410. The van der Waals surface area contributed by atoms with E-state index in [2.05, 4.69) is 5.32 Å². The van der Waals surface area contributed by atoms with Gasteiger partial charge in [-0.3, -0.25) is 9.59 Å². The maximum absolute atomic E-state index is 12.8. The lowest BCUT2D eigenvalue weighted by Crippen LogP contribution is -2.52. The van der Waals surface area contributed by atoms with E-state index in [1.54, 1.807) is 29.2 Å². The average Bonchev–Trinajstić information content (AvgIpc) is 2.74. The Kier molecular flexibility index (Phi) is 5.35. The molecule has 2 bridgehead atoms. The number of nitrogens with one attached hydrogen (secondary N) is 1. The fraction of sp³-hybridized carbons (Fsp3) is 0.571. The highest BCUT2D eigenvalue weighted by Gasteiger charge is 2.47. The van der Waals surface area contributed by atoms with E-state index in [0.717, 1.165) is 25.7 Å².